The predicted molar refractivity (Wildman–Crippen MR) is 141 cm³/mol. The second-order valence-electron chi connectivity index (χ2n) is 8.45. The topological polar surface area (TPSA) is 120 Å². The summed E-state index contributed by atoms with van der Waals surface area (Å²) in [6.07, 6.45) is 6.89. The maximum absolute atomic E-state index is 13.3. The van der Waals surface area contributed by atoms with Gasteiger partial charge >= 0.3 is 0 Å². The number of carbonyl (C=O) groups excluding carboxylic acids is 1. The first-order valence-electron chi connectivity index (χ1n) is 11.4. The number of aromatic nitrogens is 7. The fourth-order valence-corrected chi connectivity index (χ4v) is 5.05. The van der Waals surface area contributed by atoms with Crippen molar-refractivity contribution < 1.29 is 4.79 Å². The molecular weight excluding hydrogens is 486 g/mol. The van der Waals surface area contributed by atoms with Crippen LogP contribution < -0.4 is 11.1 Å². The fraction of sp³-hybridized carbons (Fsp3) is 0.115. The summed E-state index contributed by atoms with van der Waals surface area (Å²) in [5, 5.41) is 13.4. The normalized spacial score (nSPS) is 11.9. The smallest absolute Gasteiger partial charge is 0.259 e. The third-order valence-electron chi connectivity index (χ3n) is 5.88. The van der Waals surface area contributed by atoms with E-state index in [9.17, 15) is 4.79 Å². The Kier molecular flexibility index (Phi) is 5.43. The number of anilines is 1. The van der Waals surface area contributed by atoms with E-state index in [4.69, 9.17) is 10.7 Å². The Hall–Kier alpha value is -4.95. The zero-order chi connectivity index (χ0) is 25.5. The van der Waals surface area contributed by atoms with Gasteiger partial charge in [-0.15, -0.1) is 16.4 Å². The molecular formula is C26H21N9OS. The van der Waals surface area contributed by atoms with Gasteiger partial charge in [-0.2, -0.15) is 5.10 Å². The van der Waals surface area contributed by atoms with Crippen LogP contribution in [0.2, 0.25) is 0 Å². The molecule has 0 saturated carbocycles. The molecule has 0 saturated heterocycles. The van der Waals surface area contributed by atoms with E-state index in [-0.39, 0.29) is 17.3 Å². The van der Waals surface area contributed by atoms with Crippen LogP contribution in [0.3, 0.4) is 0 Å². The van der Waals surface area contributed by atoms with Crippen LogP contribution in [0.25, 0.3) is 21.9 Å². The van der Waals surface area contributed by atoms with Crippen molar-refractivity contribution in [1.29, 1.82) is 0 Å². The first-order chi connectivity index (χ1) is 18.0. The van der Waals surface area contributed by atoms with Crippen molar-refractivity contribution in [3.63, 3.8) is 0 Å². The zero-order valence-electron chi connectivity index (χ0n) is 20.0. The van der Waals surface area contributed by atoms with E-state index in [2.05, 4.69) is 32.3 Å². The van der Waals surface area contributed by atoms with Gasteiger partial charge in [0.2, 0.25) is 0 Å². The molecule has 5 aromatic heterocycles. The Morgan fingerprint density at radius 1 is 1.19 bits per heavy atom. The Bertz CT molecular complexity index is 1830. The van der Waals surface area contributed by atoms with Crippen molar-refractivity contribution in [3.05, 3.63) is 89.1 Å². The molecule has 1 aromatic carbocycles. The molecule has 5 heterocycles. The summed E-state index contributed by atoms with van der Waals surface area (Å²) in [5.41, 5.74) is 10.9. The number of hydrogen-bond acceptors (Lipinski definition) is 7. The quantitative estimate of drug-likeness (QED) is 0.353. The summed E-state index contributed by atoms with van der Waals surface area (Å²) in [7, 11) is 1.86. The van der Waals surface area contributed by atoms with E-state index in [0.717, 1.165) is 33.2 Å². The summed E-state index contributed by atoms with van der Waals surface area (Å²) < 4.78 is 5.24. The van der Waals surface area contributed by atoms with Crippen LogP contribution in [-0.2, 0) is 7.05 Å². The van der Waals surface area contributed by atoms with Crippen molar-refractivity contribution >= 4 is 33.7 Å². The average molecular weight is 508 g/mol. The number of benzene rings is 1. The number of nitrogens with two attached hydrogens (primary N) is 1. The number of rotatable bonds is 4. The highest BCUT2D eigenvalue weighted by atomic mass is 32.1. The summed E-state index contributed by atoms with van der Waals surface area (Å²) in [4.78, 5) is 23.3. The van der Waals surface area contributed by atoms with E-state index in [1.54, 1.807) is 29.3 Å². The van der Waals surface area contributed by atoms with E-state index in [1.165, 1.54) is 15.9 Å². The third kappa shape index (κ3) is 3.99. The number of thiazole rings is 1. The number of imidazole rings is 1. The van der Waals surface area contributed by atoms with Crippen LogP contribution in [0.15, 0.2) is 66.6 Å². The molecule has 11 heteroatoms. The molecule has 10 nitrogen and oxygen atoms in total. The molecule has 0 bridgehead atoms. The first-order valence-corrected chi connectivity index (χ1v) is 12.3. The van der Waals surface area contributed by atoms with Crippen molar-refractivity contribution in [2.45, 2.75) is 13.0 Å². The van der Waals surface area contributed by atoms with Crippen molar-refractivity contribution in [2.75, 3.05) is 5.73 Å². The Morgan fingerprint density at radius 2 is 2.03 bits per heavy atom. The zero-order valence-corrected chi connectivity index (χ0v) is 20.8. The van der Waals surface area contributed by atoms with E-state index < -0.39 is 6.04 Å². The second-order valence-corrected chi connectivity index (χ2v) is 9.28. The average Bonchev–Trinajstić information content (AvgIpc) is 3.65. The number of amides is 1. The second kappa shape index (κ2) is 8.92. The van der Waals surface area contributed by atoms with Gasteiger partial charge in [0.25, 0.3) is 5.91 Å². The van der Waals surface area contributed by atoms with Crippen molar-refractivity contribution in [2.24, 2.45) is 7.05 Å². The maximum atomic E-state index is 13.3. The van der Waals surface area contributed by atoms with Crippen molar-refractivity contribution in [1.82, 2.24) is 39.1 Å². The van der Waals surface area contributed by atoms with Crippen LogP contribution in [0.5, 0.6) is 0 Å². The van der Waals surface area contributed by atoms with E-state index in [0.29, 0.717) is 5.65 Å². The number of nitrogens with one attached hydrogen (secondary N) is 1. The lowest BCUT2D eigenvalue weighted by atomic mass is 10.1. The number of nitrogen functional groups attached to an aromatic ring is 1. The lowest BCUT2D eigenvalue weighted by molar-refractivity contribution is 0.0941. The molecule has 37 heavy (non-hydrogen) atoms. The Labute approximate surface area is 215 Å². The molecule has 0 aliphatic carbocycles. The van der Waals surface area contributed by atoms with Gasteiger partial charge in [-0.3, -0.25) is 13.9 Å². The van der Waals surface area contributed by atoms with Gasteiger partial charge in [-0.25, -0.2) is 14.5 Å². The number of fused-ring (bicyclic) bond motifs is 2. The van der Waals surface area contributed by atoms with Gasteiger partial charge in [0.1, 0.15) is 11.3 Å². The number of hydrogen-bond donors (Lipinski definition) is 2. The minimum absolute atomic E-state index is 0.116. The third-order valence-corrected chi connectivity index (χ3v) is 6.71. The van der Waals surface area contributed by atoms with E-state index in [1.807, 2.05) is 60.3 Å². The van der Waals surface area contributed by atoms with Gasteiger partial charge in [0.15, 0.2) is 16.4 Å². The van der Waals surface area contributed by atoms with Gasteiger partial charge in [0, 0.05) is 36.6 Å². The first kappa shape index (κ1) is 22.5. The number of nitrogens with zero attached hydrogens (tertiary/aromatic N) is 7. The Morgan fingerprint density at radius 3 is 2.81 bits per heavy atom. The molecule has 182 valence electrons. The van der Waals surface area contributed by atoms with Crippen molar-refractivity contribution in [3.8, 4) is 23.1 Å². The van der Waals surface area contributed by atoms with Crippen LogP contribution in [-0.4, -0.2) is 39.7 Å². The summed E-state index contributed by atoms with van der Waals surface area (Å²) in [5.74, 6) is 6.18. The molecule has 1 amide bonds. The molecule has 0 aliphatic rings. The molecule has 6 rings (SSSR count). The summed E-state index contributed by atoms with van der Waals surface area (Å²) >= 11 is 1.49. The molecule has 0 spiro atoms. The molecule has 0 aliphatic heterocycles. The highest BCUT2D eigenvalue weighted by Gasteiger charge is 2.26. The standard InChI is InChI=1S/C26H21N9OS/c1-16(30-25(36)20-23(27)32-34-12-6-11-28-24(20)34)21-22(18-7-4-3-5-8-18)35-19(15-37-26(35)31-21)10-9-17-13-29-33(2)14-17/h3-8,11-16H,1-2H3,(H2,27,32)(H,30,36)/t16-/m1/s1. The van der Waals surface area contributed by atoms with Crippen LogP contribution in [0, 0.1) is 11.8 Å². The molecule has 0 unspecified atom stereocenters. The molecule has 0 radical (unpaired) electrons. The molecule has 6 aromatic rings. The minimum Gasteiger partial charge on any atom is -0.381 e. The molecule has 0 fully saturated rings. The number of carbonyl (C=O) groups is 1. The fourth-order valence-electron chi connectivity index (χ4n) is 4.22. The lowest BCUT2D eigenvalue weighted by Crippen LogP contribution is -2.28. The van der Waals surface area contributed by atoms with Gasteiger partial charge in [0.05, 0.1) is 29.2 Å². The maximum Gasteiger partial charge on any atom is 0.259 e. The lowest BCUT2D eigenvalue weighted by Gasteiger charge is -2.14. The Balaban J connectivity index is 1.42. The van der Waals surface area contributed by atoms with Crippen LogP contribution >= 0.6 is 11.3 Å². The molecule has 1 atom stereocenters. The summed E-state index contributed by atoms with van der Waals surface area (Å²) in [6, 6.07) is 11.2. The predicted octanol–water partition coefficient (Wildman–Crippen LogP) is 3.31. The van der Waals surface area contributed by atoms with Gasteiger partial charge < -0.3 is 11.1 Å². The SMILES string of the molecule is C[C@@H](NC(=O)c1c(N)nn2cccnc12)c1nc2scc(C#Cc3cnn(C)c3)n2c1-c1ccccc1. The van der Waals surface area contributed by atoms with E-state index >= 15 is 0 Å². The summed E-state index contributed by atoms with van der Waals surface area (Å²) in [6.45, 7) is 1.90. The van der Waals surface area contributed by atoms with Gasteiger partial charge in [-0.1, -0.05) is 36.3 Å². The monoisotopic (exact) mass is 507 g/mol. The highest BCUT2D eigenvalue weighted by Crippen LogP contribution is 2.33. The largest absolute Gasteiger partial charge is 0.381 e. The molecule has 3 N–H and O–H groups in total. The minimum atomic E-state index is -0.438. The van der Waals surface area contributed by atoms with Crippen LogP contribution in [0.4, 0.5) is 5.82 Å². The highest BCUT2D eigenvalue weighted by molar-refractivity contribution is 7.15. The van der Waals surface area contributed by atoms with Gasteiger partial charge in [-0.05, 0) is 18.9 Å². The number of aryl methyl sites for hydroxylation is 1. The van der Waals surface area contributed by atoms with Crippen LogP contribution in [0.1, 0.15) is 40.3 Å².